The summed E-state index contributed by atoms with van der Waals surface area (Å²) >= 11 is 0. The van der Waals surface area contributed by atoms with Gasteiger partial charge in [-0.25, -0.2) is 0 Å². The van der Waals surface area contributed by atoms with Crippen LogP contribution in [-0.2, 0) is 0 Å². The van der Waals surface area contributed by atoms with Crippen LogP contribution >= 0.6 is 0 Å². The van der Waals surface area contributed by atoms with Crippen molar-refractivity contribution in [3.63, 3.8) is 0 Å². The predicted octanol–water partition coefficient (Wildman–Crippen LogP) is 5.13. The topological polar surface area (TPSA) is 0 Å². The van der Waals surface area contributed by atoms with E-state index in [1.165, 1.54) is 32.1 Å². The summed E-state index contributed by atoms with van der Waals surface area (Å²) in [6, 6.07) is 0. The highest BCUT2D eigenvalue weighted by Gasteiger charge is 2.29. The van der Waals surface area contributed by atoms with Crippen LogP contribution in [0.5, 0.6) is 0 Å². The van der Waals surface area contributed by atoms with Gasteiger partial charge in [-0.1, -0.05) is 47.5 Å². The quantitative estimate of drug-likeness (QED) is 0.603. The predicted molar refractivity (Wildman–Crippen MR) is 68.9 cm³/mol. The molecule has 0 aromatic heterocycles. The van der Waals surface area contributed by atoms with E-state index in [9.17, 15) is 0 Å². The first-order chi connectivity index (χ1) is 7.00. The second kappa shape index (κ2) is 5.92. The van der Waals surface area contributed by atoms with Crippen LogP contribution in [0.25, 0.3) is 0 Å². The van der Waals surface area contributed by atoms with E-state index in [1.807, 2.05) is 0 Å². The molecule has 1 atom stereocenters. The molecule has 2 aliphatic rings. The second-order valence-electron chi connectivity index (χ2n) is 6.51. The Morgan fingerprint density at radius 3 is 1.53 bits per heavy atom. The molecule has 0 radical (unpaired) electrons. The van der Waals surface area contributed by atoms with Gasteiger partial charge in [0, 0.05) is 0 Å². The fourth-order valence-corrected chi connectivity index (χ4v) is 2.19. The lowest BCUT2D eigenvalue weighted by molar-refractivity contribution is 0.372. The highest BCUT2D eigenvalue weighted by molar-refractivity contribution is 4.79. The third-order valence-corrected chi connectivity index (χ3v) is 3.92. The smallest absolute Gasteiger partial charge is 0.0386 e. The maximum atomic E-state index is 2.38. The molecule has 2 rings (SSSR count). The van der Waals surface area contributed by atoms with Crippen molar-refractivity contribution in [1.29, 1.82) is 0 Å². The molecule has 0 heterocycles. The Labute approximate surface area is 96.8 Å². The molecule has 15 heavy (non-hydrogen) atoms. The van der Waals surface area contributed by atoms with Gasteiger partial charge in [0.25, 0.3) is 0 Å². The van der Waals surface area contributed by atoms with Crippen molar-refractivity contribution in [1.82, 2.24) is 0 Å². The maximum Gasteiger partial charge on any atom is -0.0386 e. The lowest BCUT2D eigenvalue weighted by Gasteiger charge is -2.12. The Morgan fingerprint density at radius 2 is 1.40 bits per heavy atom. The molecule has 0 aromatic rings. The summed E-state index contributed by atoms with van der Waals surface area (Å²) in [7, 11) is 0. The summed E-state index contributed by atoms with van der Waals surface area (Å²) in [5.41, 5.74) is 0. The molecule has 0 spiro atoms. The van der Waals surface area contributed by atoms with Gasteiger partial charge in [-0.2, -0.15) is 0 Å². The SMILES string of the molecule is CC(C)C(C)C1CC1.CC(C)CC1CC1. The van der Waals surface area contributed by atoms with E-state index >= 15 is 0 Å². The van der Waals surface area contributed by atoms with Gasteiger partial charge < -0.3 is 0 Å². The van der Waals surface area contributed by atoms with Crippen LogP contribution in [-0.4, -0.2) is 0 Å². The zero-order chi connectivity index (χ0) is 11.4. The fourth-order valence-electron chi connectivity index (χ4n) is 2.19. The van der Waals surface area contributed by atoms with Crippen molar-refractivity contribution in [3.05, 3.63) is 0 Å². The third kappa shape index (κ3) is 6.22. The van der Waals surface area contributed by atoms with Crippen molar-refractivity contribution in [3.8, 4) is 0 Å². The largest absolute Gasteiger partial charge is 0.0628 e. The maximum absolute atomic E-state index is 2.38. The number of rotatable bonds is 4. The van der Waals surface area contributed by atoms with E-state index in [2.05, 4.69) is 34.6 Å². The van der Waals surface area contributed by atoms with Crippen molar-refractivity contribution < 1.29 is 0 Å². The molecule has 0 aliphatic heterocycles. The molecule has 0 amide bonds. The van der Waals surface area contributed by atoms with E-state index in [0.29, 0.717) is 0 Å². The van der Waals surface area contributed by atoms with Gasteiger partial charge in [0.1, 0.15) is 0 Å². The summed E-state index contributed by atoms with van der Waals surface area (Å²) in [6.07, 6.45) is 7.50. The summed E-state index contributed by atoms with van der Waals surface area (Å²) < 4.78 is 0. The molecule has 0 nitrogen and oxygen atoms in total. The van der Waals surface area contributed by atoms with Crippen molar-refractivity contribution >= 4 is 0 Å². The van der Waals surface area contributed by atoms with Crippen molar-refractivity contribution in [2.75, 3.05) is 0 Å². The third-order valence-electron chi connectivity index (χ3n) is 3.92. The van der Waals surface area contributed by atoms with Crippen LogP contribution in [0.2, 0.25) is 0 Å². The Balaban J connectivity index is 0.000000151. The minimum absolute atomic E-state index is 0.905. The molecule has 90 valence electrons. The minimum Gasteiger partial charge on any atom is -0.0628 e. The molecule has 1 unspecified atom stereocenters. The molecule has 2 fully saturated rings. The molecular weight excluding hydrogens is 180 g/mol. The first-order valence-corrected chi connectivity index (χ1v) is 7.00. The zero-order valence-electron chi connectivity index (χ0n) is 11.4. The Morgan fingerprint density at radius 1 is 0.867 bits per heavy atom. The standard InChI is InChI=1S/C8H16.C7H14/c1-6(2)7(3)8-4-5-8;1-6(2)5-7-3-4-7/h6-8H,4-5H2,1-3H3;6-7H,3-5H2,1-2H3. The lowest BCUT2D eigenvalue weighted by Crippen LogP contribution is -2.04. The van der Waals surface area contributed by atoms with Gasteiger partial charge in [0.15, 0.2) is 0 Å². The summed E-state index contributed by atoms with van der Waals surface area (Å²) in [5.74, 6) is 5.04. The van der Waals surface area contributed by atoms with Crippen LogP contribution in [0.1, 0.15) is 66.7 Å². The molecule has 0 N–H and O–H groups in total. The number of hydrogen-bond acceptors (Lipinski definition) is 0. The van der Waals surface area contributed by atoms with Crippen LogP contribution in [0, 0.1) is 29.6 Å². The normalized spacial score (nSPS) is 22.6. The van der Waals surface area contributed by atoms with Crippen molar-refractivity contribution in [2.24, 2.45) is 29.6 Å². The Kier molecular flexibility index (Phi) is 5.15. The van der Waals surface area contributed by atoms with Gasteiger partial charge in [0.05, 0.1) is 0 Å². The second-order valence-corrected chi connectivity index (χ2v) is 6.51. The van der Waals surface area contributed by atoms with Gasteiger partial charge >= 0.3 is 0 Å². The summed E-state index contributed by atoms with van der Waals surface area (Å²) in [4.78, 5) is 0. The van der Waals surface area contributed by atoms with Crippen LogP contribution in [0.4, 0.5) is 0 Å². The van der Waals surface area contributed by atoms with E-state index in [4.69, 9.17) is 0 Å². The van der Waals surface area contributed by atoms with Gasteiger partial charge in [-0.3, -0.25) is 0 Å². The highest BCUT2D eigenvalue weighted by atomic mass is 14.3. The summed E-state index contributed by atoms with van der Waals surface area (Å²) in [6.45, 7) is 11.6. The van der Waals surface area contributed by atoms with Crippen LogP contribution in [0.15, 0.2) is 0 Å². The van der Waals surface area contributed by atoms with Crippen LogP contribution < -0.4 is 0 Å². The van der Waals surface area contributed by atoms with E-state index in [1.54, 1.807) is 0 Å². The molecule has 0 saturated heterocycles. The highest BCUT2D eigenvalue weighted by Crippen LogP contribution is 2.39. The average Bonchev–Trinajstić information content (AvgIpc) is 2.97. The lowest BCUT2D eigenvalue weighted by atomic mass is 9.93. The van der Waals surface area contributed by atoms with E-state index < -0.39 is 0 Å². The molecule has 2 aliphatic carbocycles. The first-order valence-electron chi connectivity index (χ1n) is 7.00. The molecular formula is C15H30. The Hall–Kier alpha value is 0. The van der Waals surface area contributed by atoms with Gasteiger partial charge in [0.2, 0.25) is 0 Å². The van der Waals surface area contributed by atoms with Gasteiger partial charge in [-0.15, -0.1) is 0 Å². The fraction of sp³-hybridized carbons (Fsp3) is 1.00. The van der Waals surface area contributed by atoms with Crippen molar-refractivity contribution in [2.45, 2.75) is 66.7 Å². The van der Waals surface area contributed by atoms with E-state index in [-0.39, 0.29) is 0 Å². The molecule has 0 bridgehead atoms. The molecule has 2 saturated carbocycles. The molecule has 0 aromatic carbocycles. The first kappa shape index (κ1) is 13.1. The minimum atomic E-state index is 0.905. The average molecular weight is 210 g/mol. The van der Waals surface area contributed by atoms with E-state index in [0.717, 1.165) is 29.6 Å². The van der Waals surface area contributed by atoms with Crippen LogP contribution in [0.3, 0.4) is 0 Å². The monoisotopic (exact) mass is 210 g/mol. The zero-order valence-corrected chi connectivity index (χ0v) is 11.4. The summed E-state index contributed by atoms with van der Waals surface area (Å²) in [5, 5.41) is 0. The van der Waals surface area contributed by atoms with Gasteiger partial charge in [-0.05, 0) is 48.9 Å². The number of hydrogen-bond donors (Lipinski definition) is 0. The molecule has 0 heteroatoms. The Bertz CT molecular complexity index is 159.